The first kappa shape index (κ1) is 14.0. The molecule has 2 heterocycles. The van der Waals surface area contributed by atoms with Crippen LogP contribution in [0.25, 0.3) is 0 Å². The molecule has 0 saturated carbocycles. The lowest BCUT2D eigenvalue weighted by Gasteiger charge is -2.39. The fourth-order valence-corrected chi connectivity index (χ4v) is 3.98. The molecule has 1 aliphatic rings. The Balaban J connectivity index is 2.11. The Hall–Kier alpha value is -0.380. The van der Waals surface area contributed by atoms with Gasteiger partial charge in [-0.3, -0.25) is 4.90 Å². The second-order valence-electron chi connectivity index (χ2n) is 5.18. The van der Waals surface area contributed by atoms with Gasteiger partial charge in [0.15, 0.2) is 0 Å². The Morgan fingerprint density at radius 1 is 1.50 bits per heavy atom. The van der Waals surface area contributed by atoms with Crippen LogP contribution in [0, 0.1) is 0 Å². The minimum atomic E-state index is 0.620. The van der Waals surface area contributed by atoms with E-state index in [1.54, 1.807) is 0 Å². The van der Waals surface area contributed by atoms with E-state index in [4.69, 9.17) is 0 Å². The molecule has 1 aromatic heterocycles. The van der Waals surface area contributed by atoms with Crippen molar-refractivity contribution in [3.63, 3.8) is 0 Å². The monoisotopic (exact) mass is 266 g/mol. The van der Waals surface area contributed by atoms with Crippen LogP contribution >= 0.6 is 11.3 Å². The summed E-state index contributed by atoms with van der Waals surface area (Å²) in [4.78, 5) is 4.29. The second-order valence-corrected chi connectivity index (χ2v) is 6.16. The number of nitrogens with zero attached hydrogens (tertiary/aromatic N) is 1. The third-order valence-electron chi connectivity index (χ3n) is 3.88. The van der Waals surface area contributed by atoms with Gasteiger partial charge in [-0.2, -0.15) is 0 Å². The van der Waals surface area contributed by atoms with Gasteiger partial charge >= 0.3 is 0 Å². The molecule has 1 fully saturated rings. The maximum absolute atomic E-state index is 3.56. The SMILES string of the molecule is CCCN(C1CCCNC1)C(CC)c1cccs1. The first-order valence-corrected chi connectivity index (χ1v) is 8.24. The molecule has 2 atom stereocenters. The van der Waals surface area contributed by atoms with E-state index >= 15 is 0 Å². The van der Waals surface area contributed by atoms with Crippen molar-refractivity contribution in [3.8, 4) is 0 Å². The van der Waals surface area contributed by atoms with Crippen molar-refractivity contribution in [2.45, 2.75) is 51.6 Å². The zero-order chi connectivity index (χ0) is 12.8. The summed E-state index contributed by atoms with van der Waals surface area (Å²) in [6.07, 6.45) is 5.15. The molecule has 1 N–H and O–H groups in total. The molecule has 1 saturated heterocycles. The van der Waals surface area contributed by atoms with Gasteiger partial charge in [0, 0.05) is 23.5 Å². The number of rotatable bonds is 6. The number of hydrogen-bond donors (Lipinski definition) is 1. The van der Waals surface area contributed by atoms with Crippen LogP contribution < -0.4 is 5.32 Å². The van der Waals surface area contributed by atoms with Gasteiger partial charge in [-0.25, -0.2) is 0 Å². The van der Waals surface area contributed by atoms with Crippen LogP contribution in [0.2, 0.25) is 0 Å². The minimum Gasteiger partial charge on any atom is -0.315 e. The van der Waals surface area contributed by atoms with Crippen LogP contribution in [0.4, 0.5) is 0 Å². The Morgan fingerprint density at radius 2 is 2.39 bits per heavy atom. The van der Waals surface area contributed by atoms with Gasteiger partial charge in [-0.1, -0.05) is 19.9 Å². The molecule has 3 heteroatoms. The molecule has 1 aliphatic heterocycles. The highest BCUT2D eigenvalue weighted by Gasteiger charge is 2.27. The van der Waals surface area contributed by atoms with Crippen molar-refractivity contribution in [1.29, 1.82) is 0 Å². The van der Waals surface area contributed by atoms with Gasteiger partial charge < -0.3 is 5.32 Å². The van der Waals surface area contributed by atoms with Crippen LogP contribution in [0.3, 0.4) is 0 Å². The Kier molecular flexibility index (Phi) is 5.67. The molecule has 0 radical (unpaired) electrons. The predicted octanol–water partition coefficient (Wildman–Crippen LogP) is 3.66. The number of thiophene rings is 1. The van der Waals surface area contributed by atoms with Gasteiger partial charge in [-0.05, 0) is 50.2 Å². The molecule has 0 aliphatic carbocycles. The van der Waals surface area contributed by atoms with E-state index in [2.05, 4.69) is 41.6 Å². The lowest BCUT2D eigenvalue weighted by atomic mass is 10.0. The molecule has 2 unspecified atom stereocenters. The average molecular weight is 266 g/mol. The molecule has 2 rings (SSSR count). The molecule has 18 heavy (non-hydrogen) atoms. The molecule has 102 valence electrons. The molecule has 2 nitrogen and oxygen atoms in total. The summed E-state index contributed by atoms with van der Waals surface area (Å²) >= 11 is 1.91. The van der Waals surface area contributed by atoms with E-state index in [9.17, 15) is 0 Å². The Morgan fingerprint density at radius 3 is 2.94 bits per heavy atom. The Bertz CT molecular complexity index is 317. The van der Waals surface area contributed by atoms with Crippen LogP contribution in [0.1, 0.15) is 50.4 Å². The summed E-state index contributed by atoms with van der Waals surface area (Å²) in [6, 6.07) is 5.84. The third kappa shape index (κ3) is 3.34. The van der Waals surface area contributed by atoms with E-state index < -0.39 is 0 Å². The summed E-state index contributed by atoms with van der Waals surface area (Å²) in [7, 11) is 0. The number of nitrogens with one attached hydrogen (secondary N) is 1. The molecule has 0 spiro atoms. The number of hydrogen-bond acceptors (Lipinski definition) is 3. The smallest absolute Gasteiger partial charge is 0.0442 e. The van der Waals surface area contributed by atoms with Gasteiger partial charge in [0.05, 0.1) is 0 Å². The van der Waals surface area contributed by atoms with Gasteiger partial charge in [-0.15, -0.1) is 11.3 Å². The number of piperidine rings is 1. The first-order valence-electron chi connectivity index (χ1n) is 7.36. The van der Waals surface area contributed by atoms with E-state index in [0.29, 0.717) is 6.04 Å². The third-order valence-corrected chi connectivity index (χ3v) is 4.85. The largest absolute Gasteiger partial charge is 0.315 e. The highest BCUT2D eigenvalue weighted by molar-refractivity contribution is 7.10. The predicted molar refractivity (Wildman–Crippen MR) is 80.2 cm³/mol. The molecule has 0 aromatic carbocycles. The van der Waals surface area contributed by atoms with Crippen LogP contribution in [0.5, 0.6) is 0 Å². The summed E-state index contributed by atoms with van der Waals surface area (Å²) in [5.41, 5.74) is 0. The summed E-state index contributed by atoms with van der Waals surface area (Å²) in [6.45, 7) is 8.21. The highest BCUT2D eigenvalue weighted by atomic mass is 32.1. The highest BCUT2D eigenvalue weighted by Crippen LogP contribution is 2.31. The summed E-state index contributed by atoms with van der Waals surface area (Å²) in [5, 5.41) is 5.77. The topological polar surface area (TPSA) is 15.3 Å². The second kappa shape index (κ2) is 7.27. The fraction of sp³-hybridized carbons (Fsp3) is 0.733. The maximum atomic E-state index is 3.56. The molecular weight excluding hydrogens is 240 g/mol. The fourth-order valence-electron chi connectivity index (χ4n) is 3.05. The van der Waals surface area contributed by atoms with E-state index in [1.807, 2.05) is 11.3 Å². The zero-order valence-corrected chi connectivity index (χ0v) is 12.5. The summed E-state index contributed by atoms with van der Waals surface area (Å²) < 4.78 is 0. The lowest BCUT2D eigenvalue weighted by Crippen LogP contribution is -2.47. The average Bonchev–Trinajstić information content (AvgIpc) is 2.94. The first-order chi connectivity index (χ1) is 8.86. The zero-order valence-electron chi connectivity index (χ0n) is 11.7. The molecular formula is C15H26N2S. The standard InChI is InChI=1S/C15H26N2S/c1-3-10-17(13-7-5-9-16-12-13)14(4-2)15-8-6-11-18-15/h6,8,11,13-14,16H,3-5,7,9-10,12H2,1-2H3. The van der Waals surface area contributed by atoms with E-state index in [-0.39, 0.29) is 0 Å². The molecule has 0 bridgehead atoms. The lowest BCUT2D eigenvalue weighted by molar-refractivity contribution is 0.110. The van der Waals surface area contributed by atoms with E-state index in [1.165, 1.54) is 50.2 Å². The summed E-state index contributed by atoms with van der Waals surface area (Å²) in [5.74, 6) is 0. The van der Waals surface area contributed by atoms with E-state index in [0.717, 1.165) is 6.04 Å². The van der Waals surface area contributed by atoms with Gasteiger partial charge in [0.2, 0.25) is 0 Å². The van der Waals surface area contributed by atoms with Crippen LogP contribution in [0.15, 0.2) is 17.5 Å². The Labute approximate surface area is 115 Å². The van der Waals surface area contributed by atoms with Gasteiger partial charge in [0.1, 0.15) is 0 Å². The van der Waals surface area contributed by atoms with Crippen molar-refractivity contribution < 1.29 is 0 Å². The molecule has 0 amide bonds. The van der Waals surface area contributed by atoms with Crippen molar-refractivity contribution in [2.24, 2.45) is 0 Å². The van der Waals surface area contributed by atoms with Crippen molar-refractivity contribution >= 4 is 11.3 Å². The van der Waals surface area contributed by atoms with Crippen molar-refractivity contribution in [1.82, 2.24) is 10.2 Å². The van der Waals surface area contributed by atoms with Crippen molar-refractivity contribution in [3.05, 3.63) is 22.4 Å². The quantitative estimate of drug-likeness (QED) is 0.845. The molecule has 1 aromatic rings. The van der Waals surface area contributed by atoms with Crippen LogP contribution in [-0.2, 0) is 0 Å². The maximum Gasteiger partial charge on any atom is 0.0442 e. The van der Waals surface area contributed by atoms with Crippen molar-refractivity contribution in [2.75, 3.05) is 19.6 Å². The minimum absolute atomic E-state index is 0.620. The normalized spacial score (nSPS) is 22.3. The van der Waals surface area contributed by atoms with Crippen LogP contribution in [-0.4, -0.2) is 30.6 Å². The van der Waals surface area contributed by atoms with Gasteiger partial charge in [0.25, 0.3) is 0 Å².